The lowest BCUT2D eigenvalue weighted by Crippen LogP contribution is -2.18. The fourth-order valence-corrected chi connectivity index (χ4v) is 3.79. The number of aromatic amines is 1. The van der Waals surface area contributed by atoms with Crippen LogP contribution in [-0.2, 0) is 6.42 Å². The zero-order valence-corrected chi connectivity index (χ0v) is 20.6. The van der Waals surface area contributed by atoms with Gasteiger partial charge in [0.25, 0.3) is 0 Å². The first-order valence-corrected chi connectivity index (χ1v) is 12.9. The summed E-state index contributed by atoms with van der Waals surface area (Å²) in [4.78, 5) is 3.27. The Kier molecular flexibility index (Phi) is 14.6. The van der Waals surface area contributed by atoms with Gasteiger partial charge in [-0.15, -0.1) is 0 Å². The molecule has 1 aromatic heterocycles. The molecule has 0 spiro atoms. The molecule has 0 aliphatic heterocycles. The van der Waals surface area contributed by atoms with E-state index < -0.39 is 0 Å². The Morgan fingerprint density at radius 2 is 1.42 bits per heavy atom. The maximum Gasteiger partial charge on any atom is 0.116 e. The van der Waals surface area contributed by atoms with Gasteiger partial charge in [0.05, 0.1) is 0 Å². The van der Waals surface area contributed by atoms with E-state index >= 15 is 0 Å². The molecular formula is C30H44N2O. The number of fused-ring (bicyclic) bond motifs is 1. The average molecular weight is 449 g/mol. The van der Waals surface area contributed by atoms with E-state index in [1.54, 1.807) is 6.07 Å². The van der Waals surface area contributed by atoms with Gasteiger partial charge < -0.3 is 15.4 Å². The number of rotatable bonds is 18. The summed E-state index contributed by atoms with van der Waals surface area (Å²) in [5.41, 5.74) is 2.34. The summed E-state index contributed by atoms with van der Waals surface area (Å²) in [6.07, 6.45) is 33.1. The molecule has 0 aliphatic carbocycles. The van der Waals surface area contributed by atoms with E-state index in [1.807, 2.05) is 12.1 Å². The van der Waals surface area contributed by atoms with E-state index in [9.17, 15) is 5.11 Å². The van der Waals surface area contributed by atoms with Crippen molar-refractivity contribution in [1.82, 2.24) is 10.3 Å². The van der Waals surface area contributed by atoms with Crippen molar-refractivity contribution in [1.29, 1.82) is 0 Å². The van der Waals surface area contributed by atoms with Crippen LogP contribution in [0.25, 0.3) is 10.9 Å². The van der Waals surface area contributed by atoms with Crippen LogP contribution in [-0.4, -0.2) is 23.2 Å². The van der Waals surface area contributed by atoms with Crippen molar-refractivity contribution in [2.45, 2.75) is 77.6 Å². The smallest absolute Gasteiger partial charge is 0.116 e. The second-order valence-corrected chi connectivity index (χ2v) is 8.63. The van der Waals surface area contributed by atoms with Gasteiger partial charge in [0.15, 0.2) is 0 Å². The second-order valence-electron chi connectivity index (χ2n) is 8.63. The monoisotopic (exact) mass is 448 g/mol. The summed E-state index contributed by atoms with van der Waals surface area (Å²) in [7, 11) is 0. The molecule has 0 fully saturated rings. The molecule has 0 unspecified atom stereocenters. The van der Waals surface area contributed by atoms with Crippen molar-refractivity contribution in [2.24, 2.45) is 0 Å². The Morgan fingerprint density at radius 1 is 0.788 bits per heavy atom. The third kappa shape index (κ3) is 12.3. The molecule has 2 aromatic rings. The minimum atomic E-state index is 0.327. The van der Waals surface area contributed by atoms with Gasteiger partial charge in [0.2, 0.25) is 0 Å². The summed E-state index contributed by atoms with van der Waals surface area (Å²) in [5, 5.41) is 14.3. The van der Waals surface area contributed by atoms with Gasteiger partial charge >= 0.3 is 0 Å². The standard InChI is InChI=1S/C30H44N2O/c1-2-3-4-5-6-7-8-9-10-11-12-13-14-15-16-17-18-19-23-31-24-22-27-26-32-30-21-20-28(33)25-29(27)30/h6-7,9-10,12-13,15-16,20-21,25-26,31-33H,2-5,8,11,14,17-19,22-24H2,1H3. The first-order chi connectivity index (χ1) is 16.3. The van der Waals surface area contributed by atoms with E-state index in [0.29, 0.717) is 5.75 Å². The molecule has 0 atom stereocenters. The minimum absolute atomic E-state index is 0.327. The van der Waals surface area contributed by atoms with Crippen molar-refractivity contribution >= 4 is 10.9 Å². The van der Waals surface area contributed by atoms with Crippen LogP contribution >= 0.6 is 0 Å². The third-order valence-electron chi connectivity index (χ3n) is 5.75. The van der Waals surface area contributed by atoms with E-state index in [-0.39, 0.29) is 0 Å². The van der Waals surface area contributed by atoms with E-state index in [0.717, 1.165) is 56.1 Å². The Hall–Kier alpha value is -2.52. The molecule has 33 heavy (non-hydrogen) atoms. The molecular weight excluding hydrogens is 404 g/mol. The first-order valence-electron chi connectivity index (χ1n) is 12.9. The van der Waals surface area contributed by atoms with Crippen molar-refractivity contribution < 1.29 is 5.11 Å². The van der Waals surface area contributed by atoms with Gasteiger partial charge in [-0.1, -0.05) is 68.4 Å². The summed E-state index contributed by atoms with van der Waals surface area (Å²) in [6, 6.07) is 5.49. The van der Waals surface area contributed by atoms with Crippen molar-refractivity contribution in [3.05, 3.63) is 78.6 Å². The molecule has 2 rings (SSSR count). The van der Waals surface area contributed by atoms with Crippen LogP contribution in [0, 0.1) is 0 Å². The number of allylic oxidation sites excluding steroid dienone is 8. The lowest BCUT2D eigenvalue weighted by Gasteiger charge is -2.04. The molecule has 0 amide bonds. The lowest BCUT2D eigenvalue weighted by molar-refractivity contribution is 0.476. The first kappa shape index (κ1) is 26.7. The van der Waals surface area contributed by atoms with Crippen LogP contribution in [0.2, 0.25) is 0 Å². The van der Waals surface area contributed by atoms with Crippen LogP contribution in [0.4, 0.5) is 0 Å². The normalized spacial score (nSPS) is 12.5. The maximum absolute atomic E-state index is 9.68. The predicted octanol–water partition coefficient (Wildman–Crippen LogP) is 8.15. The second kappa shape index (κ2) is 18.0. The molecule has 3 nitrogen and oxygen atoms in total. The number of hydrogen-bond donors (Lipinski definition) is 3. The zero-order valence-electron chi connectivity index (χ0n) is 20.6. The highest BCUT2D eigenvalue weighted by Crippen LogP contribution is 2.23. The molecule has 0 aliphatic rings. The Balaban J connectivity index is 1.40. The molecule has 3 heteroatoms. The Labute approximate surface area is 201 Å². The SMILES string of the molecule is CCCCCC=CCC=CCC=CCC=CCCCCNCCc1c[nH]c2ccc(O)cc12. The predicted molar refractivity (Wildman–Crippen MR) is 145 cm³/mol. The molecule has 1 heterocycles. The van der Waals surface area contributed by atoms with Crippen LogP contribution in [0.15, 0.2) is 73.0 Å². The summed E-state index contributed by atoms with van der Waals surface area (Å²) in [5.74, 6) is 0.327. The number of benzene rings is 1. The minimum Gasteiger partial charge on any atom is -0.508 e. The van der Waals surface area contributed by atoms with E-state index in [1.165, 1.54) is 44.1 Å². The Bertz CT molecular complexity index is 873. The summed E-state index contributed by atoms with van der Waals surface area (Å²) >= 11 is 0. The molecule has 0 saturated heterocycles. The topological polar surface area (TPSA) is 48.0 Å². The molecule has 0 radical (unpaired) electrons. The van der Waals surface area contributed by atoms with Crippen LogP contribution < -0.4 is 5.32 Å². The molecule has 3 N–H and O–H groups in total. The van der Waals surface area contributed by atoms with Gasteiger partial charge in [-0.2, -0.15) is 0 Å². The number of phenols is 1. The highest BCUT2D eigenvalue weighted by atomic mass is 16.3. The third-order valence-corrected chi connectivity index (χ3v) is 5.75. The molecule has 0 bridgehead atoms. The number of nitrogens with one attached hydrogen (secondary N) is 2. The van der Waals surface area contributed by atoms with E-state index in [4.69, 9.17) is 0 Å². The quantitative estimate of drug-likeness (QED) is 0.159. The lowest BCUT2D eigenvalue weighted by atomic mass is 10.1. The fraction of sp³-hybridized carbons (Fsp3) is 0.467. The Morgan fingerprint density at radius 3 is 2.09 bits per heavy atom. The maximum atomic E-state index is 9.68. The van der Waals surface area contributed by atoms with Gasteiger partial charge in [-0.3, -0.25) is 0 Å². The van der Waals surface area contributed by atoms with Gasteiger partial charge in [0.1, 0.15) is 5.75 Å². The van der Waals surface area contributed by atoms with E-state index in [2.05, 4.69) is 72.0 Å². The number of phenolic OH excluding ortho intramolecular Hbond substituents is 1. The number of aromatic nitrogens is 1. The molecule has 180 valence electrons. The fourth-order valence-electron chi connectivity index (χ4n) is 3.79. The number of hydrogen-bond acceptors (Lipinski definition) is 2. The zero-order chi connectivity index (χ0) is 23.4. The average Bonchev–Trinajstić information content (AvgIpc) is 3.22. The highest BCUT2D eigenvalue weighted by Gasteiger charge is 2.04. The summed E-state index contributed by atoms with van der Waals surface area (Å²) < 4.78 is 0. The van der Waals surface area contributed by atoms with Crippen molar-refractivity contribution in [2.75, 3.05) is 13.1 Å². The molecule has 1 aromatic carbocycles. The van der Waals surface area contributed by atoms with Crippen LogP contribution in [0.5, 0.6) is 5.75 Å². The van der Waals surface area contributed by atoms with Gasteiger partial charge in [0, 0.05) is 17.1 Å². The van der Waals surface area contributed by atoms with Gasteiger partial charge in [-0.05, 0) is 94.6 Å². The van der Waals surface area contributed by atoms with Crippen molar-refractivity contribution in [3.8, 4) is 5.75 Å². The van der Waals surface area contributed by atoms with Crippen molar-refractivity contribution in [3.63, 3.8) is 0 Å². The van der Waals surface area contributed by atoms with Crippen LogP contribution in [0.1, 0.15) is 76.7 Å². The number of aromatic hydroxyl groups is 1. The van der Waals surface area contributed by atoms with Crippen LogP contribution in [0.3, 0.4) is 0 Å². The largest absolute Gasteiger partial charge is 0.508 e. The van der Waals surface area contributed by atoms with Gasteiger partial charge in [-0.25, -0.2) is 0 Å². The number of H-pyrrole nitrogens is 1. The number of unbranched alkanes of at least 4 members (excludes halogenated alkanes) is 5. The highest BCUT2D eigenvalue weighted by molar-refractivity contribution is 5.84. The summed E-state index contributed by atoms with van der Waals surface area (Å²) in [6.45, 7) is 4.27. The molecule has 0 saturated carbocycles.